The van der Waals surface area contributed by atoms with Crippen molar-refractivity contribution in [2.75, 3.05) is 45.2 Å². The van der Waals surface area contributed by atoms with E-state index in [1.807, 2.05) is 6.07 Å². The van der Waals surface area contributed by atoms with Crippen molar-refractivity contribution in [2.24, 2.45) is 0 Å². The van der Waals surface area contributed by atoms with Crippen LogP contribution in [0.2, 0.25) is 5.15 Å². The van der Waals surface area contributed by atoms with Crippen LogP contribution in [0, 0.1) is 0 Å². The van der Waals surface area contributed by atoms with Gasteiger partial charge in [0.15, 0.2) is 0 Å². The molecule has 2 fully saturated rings. The number of alkyl halides is 2. The Morgan fingerprint density at radius 2 is 1.97 bits per heavy atom. The van der Waals surface area contributed by atoms with E-state index in [1.165, 1.54) is 12.3 Å². The summed E-state index contributed by atoms with van der Waals surface area (Å²) in [7, 11) is 0. The van der Waals surface area contributed by atoms with Crippen LogP contribution in [-0.2, 0) is 15.9 Å². The lowest BCUT2D eigenvalue weighted by Crippen LogP contribution is -2.38. The van der Waals surface area contributed by atoms with Crippen molar-refractivity contribution < 1.29 is 23.0 Å². The summed E-state index contributed by atoms with van der Waals surface area (Å²) >= 11 is 6.03. The lowest BCUT2D eigenvalue weighted by Gasteiger charge is -2.26. The number of rotatable bonds is 9. The maximum absolute atomic E-state index is 13.6. The van der Waals surface area contributed by atoms with Crippen molar-refractivity contribution in [1.29, 1.82) is 0 Å². The van der Waals surface area contributed by atoms with Gasteiger partial charge in [0.05, 0.1) is 24.5 Å². The number of esters is 1. The number of hydrogen-bond acceptors (Lipinski definition) is 8. The largest absolute Gasteiger partial charge is 0.461 e. The number of halogens is 3. The SMILES string of the molecule is Nc1nc(Cl)cc(-c2nn(C(F)F)cc2Cc2cc(C(=O)OCCN3CCOCC3)ccc2C2CC2)n1. The molecular weight excluding hydrogens is 506 g/mol. The number of nitrogens with zero attached hydrogens (tertiary/aromatic N) is 5. The van der Waals surface area contributed by atoms with Gasteiger partial charge < -0.3 is 15.2 Å². The lowest BCUT2D eigenvalue weighted by atomic mass is 9.94. The molecule has 0 radical (unpaired) electrons. The first-order valence-corrected chi connectivity index (χ1v) is 12.5. The fourth-order valence-corrected chi connectivity index (χ4v) is 4.68. The summed E-state index contributed by atoms with van der Waals surface area (Å²) in [4.78, 5) is 23.0. The van der Waals surface area contributed by atoms with Crippen molar-refractivity contribution in [3.63, 3.8) is 0 Å². The van der Waals surface area contributed by atoms with Crippen LogP contribution >= 0.6 is 11.6 Å². The molecule has 1 aliphatic heterocycles. The van der Waals surface area contributed by atoms with Gasteiger partial charge in [0, 0.05) is 43.9 Å². The topological polar surface area (TPSA) is 108 Å². The van der Waals surface area contributed by atoms with E-state index in [2.05, 4.69) is 20.0 Å². The van der Waals surface area contributed by atoms with Crippen LogP contribution in [0.4, 0.5) is 14.7 Å². The molecule has 2 aliphatic rings. The molecule has 0 unspecified atom stereocenters. The maximum atomic E-state index is 13.6. The molecule has 1 saturated carbocycles. The molecule has 12 heteroatoms. The Morgan fingerprint density at radius 1 is 1.19 bits per heavy atom. The summed E-state index contributed by atoms with van der Waals surface area (Å²) in [6, 6.07) is 6.92. The molecule has 1 aliphatic carbocycles. The summed E-state index contributed by atoms with van der Waals surface area (Å²) in [5.74, 6) is -0.129. The van der Waals surface area contributed by atoms with Crippen LogP contribution in [0.25, 0.3) is 11.4 Å². The van der Waals surface area contributed by atoms with Crippen LogP contribution in [0.5, 0.6) is 0 Å². The summed E-state index contributed by atoms with van der Waals surface area (Å²) in [6.45, 7) is 1.07. The van der Waals surface area contributed by atoms with Crippen LogP contribution in [0.15, 0.2) is 30.5 Å². The van der Waals surface area contributed by atoms with E-state index in [-0.39, 0.29) is 35.5 Å². The number of nitrogens with two attached hydrogens (primary N) is 1. The van der Waals surface area contributed by atoms with Crippen molar-refractivity contribution in [3.8, 4) is 11.4 Å². The highest BCUT2D eigenvalue weighted by Crippen LogP contribution is 2.43. The molecule has 1 saturated heterocycles. The van der Waals surface area contributed by atoms with Gasteiger partial charge >= 0.3 is 12.5 Å². The molecule has 0 spiro atoms. The number of hydrogen-bond donors (Lipinski definition) is 1. The van der Waals surface area contributed by atoms with Gasteiger partial charge in [-0.15, -0.1) is 0 Å². The number of carbonyl (C=O) groups excluding carboxylic acids is 1. The van der Waals surface area contributed by atoms with E-state index >= 15 is 0 Å². The molecule has 5 rings (SSSR count). The normalized spacial score (nSPS) is 16.3. The highest BCUT2D eigenvalue weighted by atomic mass is 35.5. The number of morpholine rings is 1. The maximum Gasteiger partial charge on any atom is 0.338 e. The van der Waals surface area contributed by atoms with E-state index < -0.39 is 12.5 Å². The van der Waals surface area contributed by atoms with Crippen LogP contribution < -0.4 is 5.73 Å². The van der Waals surface area contributed by atoms with Crippen molar-refractivity contribution in [3.05, 3.63) is 57.9 Å². The fourth-order valence-electron chi connectivity index (χ4n) is 4.49. The smallest absolute Gasteiger partial charge is 0.338 e. The zero-order valence-corrected chi connectivity index (χ0v) is 20.8. The molecule has 9 nitrogen and oxygen atoms in total. The third-order valence-corrected chi connectivity index (χ3v) is 6.68. The van der Waals surface area contributed by atoms with E-state index in [0.29, 0.717) is 41.5 Å². The molecule has 1 aromatic carbocycles. The fraction of sp³-hybridized carbons (Fsp3) is 0.440. The van der Waals surface area contributed by atoms with Gasteiger partial charge in [0.2, 0.25) is 5.95 Å². The molecule has 3 heterocycles. The Kier molecular flexibility index (Phi) is 7.63. The number of aromatic nitrogens is 4. The monoisotopic (exact) mass is 532 g/mol. The van der Waals surface area contributed by atoms with Crippen molar-refractivity contribution >= 4 is 23.5 Å². The summed E-state index contributed by atoms with van der Waals surface area (Å²) in [6.07, 6.45) is 3.63. The van der Waals surface area contributed by atoms with Gasteiger partial charge in [0.1, 0.15) is 17.5 Å². The molecule has 2 N–H and O–H groups in total. The predicted molar refractivity (Wildman–Crippen MR) is 133 cm³/mol. The second-order valence-electron chi connectivity index (χ2n) is 9.15. The molecule has 196 valence electrons. The quantitative estimate of drug-likeness (QED) is 0.326. The number of benzene rings is 1. The predicted octanol–water partition coefficient (Wildman–Crippen LogP) is 3.93. The van der Waals surface area contributed by atoms with Gasteiger partial charge in [-0.25, -0.2) is 19.4 Å². The Morgan fingerprint density at radius 3 is 2.68 bits per heavy atom. The highest BCUT2D eigenvalue weighted by molar-refractivity contribution is 6.29. The second-order valence-corrected chi connectivity index (χ2v) is 9.54. The zero-order valence-electron chi connectivity index (χ0n) is 20.1. The minimum atomic E-state index is -2.84. The Labute approximate surface area is 217 Å². The first-order valence-electron chi connectivity index (χ1n) is 12.1. The van der Waals surface area contributed by atoms with Crippen molar-refractivity contribution in [2.45, 2.75) is 31.7 Å². The van der Waals surface area contributed by atoms with E-state index in [0.717, 1.165) is 37.1 Å². The number of ether oxygens (including phenoxy) is 2. The van der Waals surface area contributed by atoms with Crippen LogP contribution in [-0.4, -0.2) is 70.1 Å². The average Bonchev–Trinajstić information content (AvgIpc) is 3.63. The standard InChI is InChI=1S/C25H27ClF2N6O3/c26-21-13-20(30-25(29)31-21)22-18(14-34(32-22)24(27)28)12-17-11-16(3-4-19(17)15-1-2-15)23(35)37-10-7-33-5-8-36-9-6-33/h3-4,11,13-15,24H,1-2,5-10,12H2,(H2,29,30,31). The Hall–Kier alpha value is -3.15. The number of carbonyl (C=O) groups is 1. The van der Waals surface area contributed by atoms with Crippen molar-refractivity contribution in [1.82, 2.24) is 24.6 Å². The van der Waals surface area contributed by atoms with Gasteiger partial charge in [-0.05, 0) is 42.0 Å². The number of anilines is 1. The van der Waals surface area contributed by atoms with Crippen LogP contribution in [0.1, 0.15) is 52.4 Å². The Balaban J connectivity index is 1.39. The minimum absolute atomic E-state index is 0.0828. The van der Waals surface area contributed by atoms with E-state index in [1.54, 1.807) is 12.1 Å². The van der Waals surface area contributed by atoms with Gasteiger partial charge in [0.25, 0.3) is 0 Å². The molecule has 37 heavy (non-hydrogen) atoms. The molecule has 0 atom stereocenters. The molecule has 0 amide bonds. The molecule has 2 aromatic heterocycles. The van der Waals surface area contributed by atoms with E-state index in [4.69, 9.17) is 26.8 Å². The second kappa shape index (κ2) is 11.1. The zero-order chi connectivity index (χ0) is 25.9. The summed E-state index contributed by atoms with van der Waals surface area (Å²) in [5, 5.41) is 4.13. The summed E-state index contributed by atoms with van der Waals surface area (Å²) in [5.41, 5.74) is 9.07. The minimum Gasteiger partial charge on any atom is -0.461 e. The number of nitrogen functional groups attached to an aromatic ring is 1. The molecule has 3 aromatic rings. The van der Waals surface area contributed by atoms with E-state index in [9.17, 15) is 13.6 Å². The highest BCUT2D eigenvalue weighted by Gasteiger charge is 2.28. The van der Waals surface area contributed by atoms with Gasteiger partial charge in [-0.2, -0.15) is 13.9 Å². The third-order valence-electron chi connectivity index (χ3n) is 6.48. The lowest BCUT2D eigenvalue weighted by molar-refractivity contribution is 0.0195. The first kappa shape index (κ1) is 25.5. The van der Waals surface area contributed by atoms with Crippen LogP contribution in [0.3, 0.4) is 0 Å². The third kappa shape index (κ3) is 6.23. The molecule has 0 bridgehead atoms. The molecular formula is C25H27ClF2N6O3. The average molecular weight is 533 g/mol. The van der Waals surface area contributed by atoms with Gasteiger partial charge in [-0.3, -0.25) is 4.90 Å². The Bertz CT molecular complexity index is 1260. The van der Waals surface area contributed by atoms with Gasteiger partial charge in [-0.1, -0.05) is 17.7 Å². The first-order chi connectivity index (χ1) is 17.9. The summed E-state index contributed by atoms with van der Waals surface area (Å²) < 4.78 is 38.6.